The molecule has 4 N–H and O–H groups in total. The molecule has 88 valence electrons. The molecule has 0 amide bonds. The summed E-state index contributed by atoms with van der Waals surface area (Å²) in [5.41, 5.74) is 8.03. The largest absolute Gasteiger partial charge is 0.393 e. The van der Waals surface area contributed by atoms with Crippen molar-refractivity contribution in [2.75, 3.05) is 13.2 Å². The molecular weight excluding hydrogens is 202 g/mol. The fourth-order valence-corrected chi connectivity index (χ4v) is 2.38. The van der Waals surface area contributed by atoms with Crippen LogP contribution in [-0.4, -0.2) is 23.4 Å². The smallest absolute Gasteiger partial charge is 0.102 e. The van der Waals surface area contributed by atoms with Crippen molar-refractivity contribution in [3.05, 3.63) is 35.4 Å². The molecule has 16 heavy (non-hydrogen) atoms. The van der Waals surface area contributed by atoms with Crippen LogP contribution in [0, 0.1) is 0 Å². The second kappa shape index (κ2) is 4.53. The molecule has 0 heterocycles. The lowest BCUT2D eigenvalue weighted by atomic mass is 9.64. The Bertz CT molecular complexity index is 338. The van der Waals surface area contributed by atoms with Crippen LogP contribution in [0.1, 0.15) is 36.5 Å². The summed E-state index contributed by atoms with van der Waals surface area (Å²) in [6, 6.07) is 7.82. The lowest BCUT2D eigenvalue weighted by molar-refractivity contribution is 0.0955. The third-order valence-corrected chi connectivity index (χ3v) is 3.78. The van der Waals surface area contributed by atoms with Crippen LogP contribution in [0.3, 0.4) is 0 Å². The van der Waals surface area contributed by atoms with Gasteiger partial charge in [0.25, 0.3) is 0 Å². The Morgan fingerprint density at radius 3 is 2.25 bits per heavy atom. The van der Waals surface area contributed by atoms with Gasteiger partial charge in [-0.1, -0.05) is 30.7 Å². The second-order valence-corrected chi connectivity index (χ2v) is 4.66. The molecule has 1 aliphatic rings. The minimum Gasteiger partial charge on any atom is -0.393 e. The predicted molar refractivity (Wildman–Crippen MR) is 63.1 cm³/mol. The van der Waals surface area contributed by atoms with Crippen LogP contribution >= 0.6 is 0 Å². The molecular formula is C13H19NO2. The van der Waals surface area contributed by atoms with E-state index in [0.717, 1.165) is 18.4 Å². The molecule has 0 aromatic heterocycles. The van der Waals surface area contributed by atoms with Crippen molar-refractivity contribution in [3.63, 3.8) is 0 Å². The number of nitrogens with two attached hydrogens (primary N) is 1. The minimum atomic E-state index is -0.774. The molecule has 2 rings (SSSR count). The molecule has 0 bridgehead atoms. The summed E-state index contributed by atoms with van der Waals surface area (Å²) < 4.78 is 0. The SMILES string of the molecule is NCC1(c2ccc(C(O)CO)cc2)CCC1. The number of hydrogen-bond donors (Lipinski definition) is 3. The molecule has 1 aliphatic carbocycles. The molecule has 1 aromatic rings. The number of aliphatic hydroxyl groups excluding tert-OH is 2. The van der Waals surface area contributed by atoms with Crippen LogP contribution in [0.4, 0.5) is 0 Å². The van der Waals surface area contributed by atoms with Gasteiger partial charge in [-0.15, -0.1) is 0 Å². The van der Waals surface area contributed by atoms with Gasteiger partial charge in [0.1, 0.15) is 6.10 Å². The van der Waals surface area contributed by atoms with Crippen LogP contribution in [0.2, 0.25) is 0 Å². The molecule has 3 heteroatoms. The Morgan fingerprint density at radius 1 is 1.25 bits per heavy atom. The Morgan fingerprint density at radius 2 is 1.88 bits per heavy atom. The zero-order valence-electron chi connectivity index (χ0n) is 9.39. The number of hydrogen-bond acceptors (Lipinski definition) is 3. The third-order valence-electron chi connectivity index (χ3n) is 3.78. The normalized spacial score (nSPS) is 20.2. The van der Waals surface area contributed by atoms with Gasteiger partial charge in [0.05, 0.1) is 6.61 Å². The van der Waals surface area contributed by atoms with Crippen molar-refractivity contribution in [1.29, 1.82) is 0 Å². The Kier molecular flexibility index (Phi) is 3.28. The molecule has 1 fully saturated rings. The number of benzene rings is 1. The first-order valence-electron chi connectivity index (χ1n) is 5.81. The zero-order valence-corrected chi connectivity index (χ0v) is 9.39. The van der Waals surface area contributed by atoms with E-state index in [0.29, 0.717) is 6.54 Å². The summed E-state index contributed by atoms with van der Waals surface area (Å²) in [4.78, 5) is 0. The van der Waals surface area contributed by atoms with Crippen LogP contribution in [-0.2, 0) is 5.41 Å². The number of aliphatic hydroxyl groups is 2. The van der Waals surface area contributed by atoms with Crippen molar-refractivity contribution >= 4 is 0 Å². The fourth-order valence-electron chi connectivity index (χ4n) is 2.38. The van der Waals surface area contributed by atoms with Gasteiger partial charge < -0.3 is 15.9 Å². The summed E-state index contributed by atoms with van der Waals surface area (Å²) in [6.07, 6.45) is 2.79. The average Bonchev–Trinajstić information content (AvgIpc) is 2.28. The van der Waals surface area contributed by atoms with Gasteiger partial charge in [-0.25, -0.2) is 0 Å². The molecule has 1 atom stereocenters. The molecule has 1 unspecified atom stereocenters. The van der Waals surface area contributed by atoms with Crippen molar-refractivity contribution in [1.82, 2.24) is 0 Å². The second-order valence-electron chi connectivity index (χ2n) is 4.66. The standard InChI is InChI=1S/C13H19NO2/c14-9-13(6-1-7-13)11-4-2-10(3-5-11)12(16)8-15/h2-5,12,15-16H,1,6-9,14H2. The van der Waals surface area contributed by atoms with Gasteiger partial charge in [-0.2, -0.15) is 0 Å². The van der Waals surface area contributed by atoms with E-state index in [2.05, 4.69) is 0 Å². The molecule has 1 aromatic carbocycles. The van der Waals surface area contributed by atoms with Crippen LogP contribution in [0.25, 0.3) is 0 Å². The van der Waals surface area contributed by atoms with Gasteiger partial charge in [0, 0.05) is 12.0 Å². The van der Waals surface area contributed by atoms with E-state index in [1.54, 1.807) is 0 Å². The van der Waals surface area contributed by atoms with Crippen molar-refractivity contribution in [2.24, 2.45) is 5.73 Å². The van der Waals surface area contributed by atoms with Crippen LogP contribution in [0.15, 0.2) is 24.3 Å². The van der Waals surface area contributed by atoms with E-state index < -0.39 is 6.10 Å². The lowest BCUT2D eigenvalue weighted by Gasteiger charge is -2.41. The van der Waals surface area contributed by atoms with Crippen molar-refractivity contribution in [3.8, 4) is 0 Å². The summed E-state index contributed by atoms with van der Waals surface area (Å²) in [5.74, 6) is 0. The highest BCUT2D eigenvalue weighted by molar-refractivity contribution is 5.32. The highest BCUT2D eigenvalue weighted by Crippen LogP contribution is 2.42. The Labute approximate surface area is 95.9 Å². The van der Waals surface area contributed by atoms with Crippen molar-refractivity contribution in [2.45, 2.75) is 30.8 Å². The van der Waals surface area contributed by atoms with Gasteiger partial charge in [-0.05, 0) is 24.0 Å². The average molecular weight is 221 g/mol. The van der Waals surface area contributed by atoms with Crippen molar-refractivity contribution < 1.29 is 10.2 Å². The molecule has 0 radical (unpaired) electrons. The van der Waals surface area contributed by atoms with E-state index in [1.165, 1.54) is 12.0 Å². The molecule has 0 saturated heterocycles. The van der Waals surface area contributed by atoms with E-state index >= 15 is 0 Å². The van der Waals surface area contributed by atoms with E-state index in [-0.39, 0.29) is 12.0 Å². The van der Waals surface area contributed by atoms with E-state index in [4.69, 9.17) is 10.8 Å². The van der Waals surface area contributed by atoms with Gasteiger partial charge >= 0.3 is 0 Å². The van der Waals surface area contributed by atoms with Crippen LogP contribution in [0.5, 0.6) is 0 Å². The first-order chi connectivity index (χ1) is 7.72. The maximum atomic E-state index is 9.48. The molecule has 0 aliphatic heterocycles. The summed E-state index contributed by atoms with van der Waals surface area (Å²) in [5, 5.41) is 18.3. The maximum absolute atomic E-state index is 9.48. The quantitative estimate of drug-likeness (QED) is 0.713. The zero-order chi connectivity index (χ0) is 11.6. The highest BCUT2D eigenvalue weighted by Gasteiger charge is 2.37. The van der Waals surface area contributed by atoms with E-state index in [1.807, 2.05) is 24.3 Å². The molecule has 0 spiro atoms. The van der Waals surface area contributed by atoms with Crippen LogP contribution < -0.4 is 5.73 Å². The minimum absolute atomic E-state index is 0.169. The van der Waals surface area contributed by atoms with E-state index in [9.17, 15) is 5.11 Å². The Balaban J connectivity index is 2.18. The monoisotopic (exact) mass is 221 g/mol. The maximum Gasteiger partial charge on any atom is 0.102 e. The van der Waals surface area contributed by atoms with Gasteiger partial charge in [-0.3, -0.25) is 0 Å². The summed E-state index contributed by atoms with van der Waals surface area (Å²) >= 11 is 0. The lowest BCUT2D eigenvalue weighted by Crippen LogP contribution is -2.41. The highest BCUT2D eigenvalue weighted by atomic mass is 16.3. The summed E-state index contributed by atoms with van der Waals surface area (Å²) in [7, 11) is 0. The first-order valence-corrected chi connectivity index (χ1v) is 5.81. The molecule has 3 nitrogen and oxygen atoms in total. The molecule has 1 saturated carbocycles. The number of rotatable bonds is 4. The fraction of sp³-hybridized carbons (Fsp3) is 0.538. The summed E-state index contributed by atoms with van der Waals surface area (Å²) in [6.45, 7) is 0.455. The predicted octanol–water partition coefficient (Wildman–Crippen LogP) is 1.09. The van der Waals surface area contributed by atoms with Gasteiger partial charge in [0.2, 0.25) is 0 Å². The first kappa shape index (κ1) is 11.6. The Hall–Kier alpha value is -0.900. The van der Waals surface area contributed by atoms with Gasteiger partial charge in [0.15, 0.2) is 0 Å². The topological polar surface area (TPSA) is 66.5 Å². The third kappa shape index (κ3) is 1.86.